The van der Waals surface area contributed by atoms with Crippen molar-refractivity contribution in [3.63, 3.8) is 0 Å². The van der Waals surface area contributed by atoms with Crippen LogP contribution in [0.15, 0.2) is 36.4 Å². The summed E-state index contributed by atoms with van der Waals surface area (Å²) in [6.07, 6.45) is 2.13. The van der Waals surface area contributed by atoms with Crippen LogP contribution in [0, 0.1) is 23.1 Å². The number of amides is 2. The second kappa shape index (κ2) is 10.4. The van der Waals surface area contributed by atoms with E-state index in [0.29, 0.717) is 41.7 Å². The van der Waals surface area contributed by atoms with Crippen molar-refractivity contribution in [2.24, 2.45) is 5.92 Å². The van der Waals surface area contributed by atoms with Gasteiger partial charge in [-0.2, -0.15) is 5.26 Å². The minimum Gasteiger partial charge on any atom is -0.495 e. The third kappa shape index (κ3) is 5.29. The van der Waals surface area contributed by atoms with Crippen molar-refractivity contribution in [3.05, 3.63) is 47.8 Å². The molecular weight excluding hydrogens is 445 g/mol. The monoisotopic (exact) mass is 479 g/mol. The van der Waals surface area contributed by atoms with Crippen LogP contribution in [0.1, 0.15) is 39.2 Å². The van der Waals surface area contributed by atoms with Crippen LogP contribution in [0.4, 0.5) is 26.2 Å². The summed E-state index contributed by atoms with van der Waals surface area (Å²) in [6.45, 7) is 9.15. The molecule has 0 saturated carbocycles. The maximum absolute atomic E-state index is 14.9. The van der Waals surface area contributed by atoms with Gasteiger partial charge in [0.2, 0.25) is 0 Å². The number of nitrogens with one attached hydrogen (secondary N) is 1. The summed E-state index contributed by atoms with van der Waals surface area (Å²) in [7, 11) is 1.55. The minimum absolute atomic E-state index is 0.0511. The lowest BCUT2D eigenvalue weighted by Crippen LogP contribution is -2.59. The van der Waals surface area contributed by atoms with Crippen molar-refractivity contribution in [3.8, 4) is 11.8 Å². The maximum atomic E-state index is 14.9. The average molecular weight is 480 g/mol. The van der Waals surface area contributed by atoms with Crippen LogP contribution < -0.4 is 19.9 Å². The fourth-order valence-electron chi connectivity index (χ4n) is 5.01. The number of rotatable bonds is 4. The highest BCUT2D eigenvalue weighted by Crippen LogP contribution is 2.30. The van der Waals surface area contributed by atoms with Crippen molar-refractivity contribution in [1.29, 1.82) is 5.26 Å². The van der Waals surface area contributed by atoms with Crippen LogP contribution in [-0.4, -0.2) is 56.3 Å². The number of urea groups is 1. The first kappa shape index (κ1) is 24.6. The number of piperidine rings is 1. The van der Waals surface area contributed by atoms with Crippen LogP contribution in [0.3, 0.4) is 0 Å². The van der Waals surface area contributed by atoms with E-state index in [1.54, 1.807) is 30.2 Å². The molecule has 0 radical (unpaired) electrons. The van der Waals surface area contributed by atoms with Gasteiger partial charge in [-0.05, 0) is 62.9 Å². The molecule has 2 atom stereocenters. The van der Waals surface area contributed by atoms with E-state index < -0.39 is 0 Å². The van der Waals surface area contributed by atoms with Crippen LogP contribution in [0.2, 0.25) is 0 Å². The second-order valence-corrected chi connectivity index (χ2v) is 9.77. The molecule has 2 fully saturated rings. The van der Waals surface area contributed by atoms with Gasteiger partial charge in [0.05, 0.1) is 18.4 Å². The zero-order valence-corrected chi connectivity index (χ0v) is 20.9. The Morgan fingerprint density at radius 1 is 1.09 bits per heavy atom. The summed E-state index contributed by atoms with van der Waals surface area (Å²) in [5, 5.41) is 12.1. The Hall–Kier alpha value is -3.47. The molecule has 4 rings (SSSR count). The fraction of sp³-hybridized carbons (Fsp3) is 0.481. The van der Waals surface area contributed by atoms with E-state index >= 15 is 0 Å². The third-order valence-corrected chi connectivity index (χ3v) is 7.21. The summed E-state index contributed by atoms with van der Waals surface area (Å²) >= 11 is 0. The zero-order valence-electron chi connectivity index (χ0n) is 20.9. The number of carbonyl (C=O) groups is 1. The number of hydrogen-bond acceptors (Lipinski definition) is 5. The molecule has 0 bridgehead atoms. The molecule has 2 amide bonds. The molecule has 0 aliphatic carbocycles. The van der Waals surface area contributed by atoms with E-state index in [4.69, 9.17) is 4.74 Å². The topological polar surface area (TPSA) is 71.8 Å². The van der Waals surface area contributed by atoms with Gasteiger partial charge in [-0.15, -0.1) is 0 Å². The lowest BCUT2D eigenvalue weighted by molar-refractivity contribution is 0.173. The molecule has 0 spiro atoms. The number of ether oxygens (including phenoxy) is 1. The molecule has 7 nitrogen and oxygen atoms in total. The summed E-state index contributed by atoms with van der Waals surface area (Å²) in [4.78, 5) is 19.2. The molecule has 0 aromatic heterocycles. The molecule has 2 aliphatic heterocycles. The predicted octanol–water partition coefficient (Wildman–Crippen LogP) is 5.07. The number of nitrogens with zero attached hydrogens (tertiary/aromatic N) is 4. The number of hydrogen-bond donors (Lipinski definition) is 1. The second-order valence-electron chi connectivity index (χ2n) is 9.77. The number of halogens is 1. The van der Waals surface area contributed by atoms with E-state index in [0.717, 1.165) is 31.6 Å². The molecular formula is C27H34FN5O2. The Morgan fingerprint density at radius 2 is 1.83 bits per heavy atom. The number of carbonyl (C=O) groups excluding carboxylic acids is 1. The van der Waals surface area contributed by atoms with Gasteiger partial charge >= 0.3 is 6.03 Å². The van der Waals surface area contributed by atoms with Gasteiger partial charge in [0.25, 0.3) is 0 Å². The lowest BCUT2D eigenvalue weighted by atomic mass is 9.99. The smallest absolute Gasteiger partial charge is 0.322 e. The summed E-state index contributed by atoms with van der Waals surface area (Å²) in [5.74, 6) is 0.907. The van der Waals surface area contributed by atoms with Crippen LogP contribution in [-0.2, 0) is 0 Å². The van der Waals surface area contributed by atoms with Gasteiger partial charge in [-0.3, -0.25) is 0 Å². The van der Waals surface area contributed by atoms with Gasteiger partial charge in [0, 0.05) is 55.7 Å². The zero-order chi connectivity index (χ0) is 25.1. The number of piperazine rings is 1. The Labute approximate surface area is 207 Å². The number of nitriles is 1. The van der Waals surface area contributed by atoms with Crippen molar-refractivity contribution >= 4 is 23.1 Å². The van der Waals surface area contributed by atoms with Gasteiger partial charge < -0.3 is 24.8 Å². The van der Waals surface area contributed by atoms with Crippen LogP contribution in [0.5, 0.6) is 5.75 Å². The Balaban J connectivity index is 1.41. The van der Waals surface area contributed by atoms with Crippen LogP contribution >= 0.6 is 0 Å². The van der Waals surface area contributed by atoms with E-state index in [-0.39, 0.29) is 23.9 Å². The van der Waals surface area contributed by atoms with Crippen molar-refractivity contribution < 1.29 is 13.9 Å². The number of anilines is 3. The molecule has 186 valence electrons. The fourth-order valence-corrected chi connectivity index (χ4v) is 5.01. The van der Waals surface area contributed by atoms with Crippen molar-refractivity contribution in [2.45, 2.75) is 45.7 Å². The lowest BCUT2D eigenvalue weighted by Gasteiger charge is -2.45. The van der Waals surface area contributed by atoms with Crippen molar-refractivity contribution in [1.82, 2.24) is 4.90 Å². The molecule has 2 aromatic carbocycles. The van der Waals surface area contributed by atoms with E-state index in [9.17, 15) is 14.4 Å². The molecule has 2 heterocycles. The third-order valence-electron chi connectivity index (χ3n) is 7.21. The molecule has 1 N–H and O–H groups in total. The summed E-state index contributed by atoms with van der Waals surface area (Å²) in [5.41, 5.74) is 2.50. The summed E-state index contributed by atoms with van der Waals surface area (Å²) in [6, 6.07) is 12.4. The van der Waals surface area contributed by atoms with Gasteiger partial charge in [-0.1, -0.05) is 6.92 Å². The first-order chi connectivity index (χ1) is 16.8. The minimum atomic E-state index is -0.307. The number of methoxy groups -OCH3 is 1. The normalized spacial score (nSPS) is 21.0. The van der Waals surface area contributed by atoms with E-state index in [2.05, 4.69) is 35.0 Å². The quantitative estimate of drug-likeness (QED) is 0.663. The van der Waals surface area contributed by atoms with Gasteiger partial charge in [0.15, 0.2) is 0 Å². The Bertz CT molecular complexity index is 1110. The van der Waals surface area contributed by atoms with Crippen LogP contribution in [0.25, 0.3) is 0 Å². The SMILES string of the molecule is COc1cc(N2C[C@@H](C)N(C(=O)Nc3ccc(N4CCC(C)CC4)c(F)c3)C[C@@H]2C)ccc1C#N. The maximum Gasteiger partial charge on any atom is 0.322 e. The Kier molecular flexibility index (Phi) is 7.34. The molecule has 35 heavy (non-hydrogen) atoms. The largest absolute Gasteiger partial charge is 0.495 e. The first-order valence-corrected chi connectivity index (χ1v) is 12.3. The Morgan fingerprint density at radius 3 is 2.49 bits per heavy atom. The molecule has 8 heteroatoms. The highest BCUT2D eigenvalue weighted by molar-refractivity contribution is 5.90. The first-order valence-electron chi connectivity index (χ1n) is 12.3. The molecule has 2 aliphatic rings. The predicted molar refractivity (Wildman–Crippen MR) is 137 cm³/mol. The standard InChI is InChI=1S/C27H34FN5O2/c1-18-9-11-31(12-10-18)25-8-6-22(13-24(25)28)30-27(34)33-17-19(2)32(16-20(33)3)23-7-5-21(15-29)26(14-23)35-4/h5-8,13-14,18-20H,9-12,16-17H2,1-4H3,(H,30,34)/t19-,20+/m0/s1. The molecule has 0 unspecified atom stereocenters. The van der Waals surface area contributed by atoms with E-state index in [1.165, 1.54) is 6.07 Å². The number of benzene rings is 2. The molecule has 2 aromatic rings. The van der Waals surface area contributed by atoms with Gasteiger partial charge in [0.1, 0.15) is 17.6 Å². The average Bonchev–Trinajstić information content (AvgIpc) is 2.85. The summed E-state index contributed by atoms with van der Waals surface area (Å²) < 4.78 is 20.2. The van der Waals surface area contributed by atoms with Crippen molar-refractivity contribution in [2.75, 3.05) is 48.4 Å². The molecule has 2 saturated heterocycles. The highest BCUT2D eigenvalue weighted by atomic mass is 19.1. The highest BCUT2D eigenvalue weighted by Gasteiger charge is 2.32. The van der Waals surface area contributed by atoms with E-state index in [1.807, 2.05) is 19.1 Å². The van der Waals surface area contributed by atoms with Gasteiger partial charge in [-0.25, -0.2) is 9.18 Å².